The predicted octanol–water partition coefficient (Wildman–Crippen LogP) is 4.96. The van der Waals surface area contributed by atoms with Crippen molar-refractivity contribution in [2.24, 2.45) is 0 Å². The second kappa shape index (κ2) is 13.3. The Bertz CT molecular complexity index is 990. The van der Waals surface area contributed by atoms with Crippen LogP contribution in [0.5, 0.6) is 0 Å². The minimum atomic E-state index is -1.02. The van der Waals surface area contributed by atoms with Gasteiger partial charge in [0.15, 0.2) is 0 Å². The monoisotopic (exact) mass is 478 g/mol. The maximum Gasteiger partial charge on any atom is 0.407 e. The van der Waals surface area contributed by atoms with E-state index in [9.17, 15) is 14.4 Å². The Labute approximate surface area is 206 Å². The first-order valence-corrected chi connectivity index (χ1v) is 12.2. The minimum Gasteiger partial charge on any atom is -0.480 e. The van der Waals surface area contributed by atoms with Gasteiger partial charge in [-0.05, 0) is 35.1 Å². The van der Waals surface area contributed by atoms with E-state index in [-0.39, 0.29) is 24.9 Å². The van der Waals surface area contributed by atoms with E-state index in [1.165, 1.54) is 33.2 Å². The lowest BCUT2D eigenvalue weighted by Gasteiger charge is -2.18. The van der Waals surface area contributed by atoms with Crippen molar-refractivity contribution in [1.29, 1.82) is 0 Å². The van der Waals surface area contributed by atoms with Crippen molar-refractivity contribution in [1.82, 2.24) is 10.2 Å². The van der Waals surface area contributed by atoms with E-state index in [2.05, 4.69) is 36.2 Å². The van der Waals surface area contributed by atoms with E-state index in [1.807, 2.05) is 24.3 Å². The van der Waals surface area contributed by atoms with Crippen LogP contribution < -0.4 is 5.32 Å². The number of amides is 2. The molecule has 1 aliphatic carbocycles. The predicted molar refractivity (Wildman–Crippen MR) is 135 cm³/mol. The molecule has 2 aromatic carbocycles. The van der Waals surface area contributed by atoms with Crippen LogP contribution in [0.2, 0.25) is 0 Å². The highest BCUT2D eigenvalue weighted by Gasteiger charge is 2.28. The van der Waals surface area contributed by atoms with E-state index in [4.69, 9.17) is 9.84 Å². The molecule has 0 radical (unpaired) electrons. The van der Waals surface area contributed by atoms with Crippen LogP contribution in [-0.4, -0.2) is 54.2 Å². The zero-order valence-electron chi connectivity index (χ0n) is 20.1. The number of carboxylic acids is 1. The quantitative estimate of drug-likeness (QED) is 0.295. The SMILES string of the molecule is C=CCN(CC(=O)O)C(=O)CCCCCCCNC(=O)OCC1c2ccccc2-c2ccccc21. The second-order valence-electron chi connectivity index (χ2n) is 8.73. The van der Waals surface area contributed by atoms with Crippen LogP contribution in [0.15, 0.2) is 61.2 Å². The molecule has 0 fully saturated rings. The van der Waals surface area contributed by atoms with Crippen LogP contribution >= 0.6 is 0 Å². The van der Waals surface area contributed by atoms with Crippen molar-refractivity contribution < 1.29 is 24.2 Å². The molecule has 7 nitrogen and oxygen atoms in total. The first kappa shape index (κ1) is 26.0. The Balaban J connectivity index is 1.28. The van der Waals surface area contributed by atoms with Gasteiger partial charge in [0, 0.05) is 25.4 Å². The van der Waals surface area contributed by atoms with Crippen LogP contribution in [0.4, 0.5) is 4.79 Å². The lowest BCUT2D eigenvalue weighted by Crippen LogP contribution is -2.35. The summed E-state index contributed by atoms with van der Waals surface area (Å²) >= 11 is 0. The summed E-state index contributed by atoms with van der Waals surface area (Å²) in [6, 6.07) is 16.5. The Morgan fingerprint density at radius 3 is 2.17 bits per heavy atom. The fourth-order valence-corrected chi connectivity index (χ4v) is 4.50. The van der Waals surface area contributed by atoms with E-state index in [0.29, 0.717) is 26.0 Å². The average molecular weight is 479 g/mol. The van der Waals surface area contributed by atoms with Gasteiger partial charge in [-0.1, -0.05) is 73.9 Å². The molecule has 0 atom stereocenters. The third kappa shape index (κ3) is 7.44. The largest absolute Gasteiger partial charge is 0.480 e. The Hall–Kier alpha value is -3.61. The first-order valence-electron chi connectivity index (χ1n) is 12.2. The van der Waals surface area contributed by atoms with Crippen molar-refractivity contribution in [3.05, 3.63) is 72.3 Å². The zero-order chi connectivity index (χ0) is 25.0. The Morgan fingerprint density at radius 1 is 0.943 bits per heavy atom. The van der Waals surface area contributed by atoms with Gasteiger partial charge in [0.25, 0.3) is 0 Å². The minimum absolute atomic E-state index is 0.0498. The molecule has 35 heavy (non-hydrogen) atoms. The molecule has 0 heterocycles. The third-order valence-electron chi connectivity index (χ3n) is 6.21. The maximum atomic E-state index is 12.2. The zero-order valence-corrected chi connectivity index (χ0v) is 20.1. The molecule has 0 aliphatic heterocycles. The number of ether oxygens (including phenoxy) is 1. The summed E-state index contributed by atoms with van der Waals surface area (Å²) in [5.74, 6) is -1.14. The van der Waals surface area contributed by atoms with E-state index in [0.717, 1.165) is 25.7 Å². The van der Waals surface area contributed by atoms with E-state index in [1.54, 1.807) is 0 Å². The van der Waals surface area contributed by atoms with Gasteiger partial charge in [0.05, 0.1) is 0 Å². The highest BCUT2D eigenvalue weighted by Crippen LogP contribution is 2.44. The number of alkyl carbamates (subject to hydrolysis) is 1. The number of hydrogen-bond acceptors (Lipinski definition) is 4. The number of carbonyl (C=O) groups is 3. The molecule has 0 unspecified atom stereocenters. The molecule has 2 aromatic rings. The molecule has 186 valence electrons. The van der Waals surface area contributed by atoms with Crippen molar-refractivity contribution in [2.75, 3.05) is 26.2 Å². The lowest BCUT2D eigenvalue weighted by atomic mass is 9.98. The first-order chi connectivity index (χ1) is 17.0. The number of rotatable bonds is 14. The van der Waals surface area contributed by atoms with Gasteiger partial charge in [-0.2, -0.15) is 0 Å². The fraction of sp³-hybridized carbons (Fsp3) is 0.393. The van der Waals surface area contributed by atoms with Crippen LogP contribution in [-0.2, 0) is 14.3 Å². The lowest BCUT2D eigenvalue weighted by molar-refractivity contribution is -0.144. The summed E-state index contributed by atoms with van der Waals surface area (Å²) in [7, 11) is 0. The molecule has 7 heteroatoms. The average Bonchev–Trinajstić information content (AvgIpc) is 3.17. The molecule has 0 saturated heterocycles. The Morgan fingerprint density at radius 2 is 1.54 bits per heavy atom. The number of hydrogen-bond donors (Lipinski definition) is 2. The number of unbranched alkanes of at least 4 members (excludes halogenated alkanes) is 4. The maximum absolute atomic E-state index is 12.2. The number of fused-ring (bicyclic) bond motifs is 3. The summed E-state index contributed by atoms with van der Waals surface area (Å²) < 4.78 is 5.54. The molecule has 0 spiro atoms. The van der Waals surface area contributed by atoms with Gasteiger partial charge in [-0.3, -0.25) is 9.59 Å². The van der Waals surface area contributed by atoms with Gasteiger partial charge in [-0.15, -0.1) is 6.58 Å². The summed E-state index contributed by atoms with van der Waals surface area (Å²) in [4.78, 5) is 36.5. The topological polar surface area (TPSA) is 95.9 Å². The Kier molecular flexibility index (Phi) is 9.90. The molecule has 0 bridgehead atoms. The molecule has 2 amide bonds. The van der Waals surface area contributed by atoms with E-state index >= 15 is 0 Å². The summed E-state index contributed by atoms with van der Waals surface area (Å²) in [5, 5.41) is 11.7. The molecular formula is C28H34N2O5. The van der Waals surface area contributed by atoms with Crippen LogP contribution in [0.3, 0.4) is 0 Å². The van der Waals surface area contributed by atoms with Gasteiger partial charge in [0.2, 0.25) is 5.91 Å². The smallest absolute Gasteiger partial charge is 0.407 e. The molecule has 3 rings (SSSR count). The van der Waals surface area contributed by atoms with Crippen molar-refractivity contribution >= 4 is 18.0 Å². The highest BCUT2D eigenvalue weighted by molar-refractivity contribution is 5.81. The van der Waals surface area contributed by atoms with Crippen LogP contribution in [0, 0.1) is 0 Å². The molecule has 0 aromatic heterocycles. The number of benzene rings is 2. The molecule has 2 N–H and O–H groups in total. The van der Waals surface area contributed by atoms with Crippen molar-refractivity contribution in [3.8, 4) is 11.1 Å². The van der Waals surface area contributed by atoms with Gasteiger partial charge in [0.1, 0.15) is 13.2 Å². The van der Waals surface area contributed by atoms with Crippen LogP contribution in [0.1, 0.15) is 55.6 Å². The van der Waals surface area contributed by atoms with Crippen molar-refractivity contribution in [2.45, 2.75) is 44.4 Å². The molecule has 1 aliphatic rings. The number of carboxylic acid groups (broad SMARTS) is 1. The molecular weight excluding hydrogens is 444 g/mol. The van der Waals surface area contributed by atoms with Gasteiger partial charge >= 0.3 is 12.1 Å². The highest BCUT2D eigenvalue weighted by atomic mass is 16.5. The standard InChI is InChI=1S/C28H34N2O5/c1-2-18-30(19-27(32)33)26(31)16-6-4-3-5-11-17-29-28(34)35-20-25-23-14-9-7-12-21(23)22-13-8-10-15-24(22)25/h2,7-10,12-15,25H,1,3-6,11,16-20H2,(H,29,34)(H,32,33). The molecule has 0 saturated carbocycles. The van der Waals surface area contributed by atoms with Crippen molar-refractivity contribution in [3.63, 3.8) is 0 Å². The van der Waals surface area contributed by atoms with E-state index < -0.39 is 12.1 Å². The number of carbonyl (C=O) groups excluding carboxylic acids is 2. The fourth-order valence-electron chi connectivity index (χ4n) is 4.50. The third-order valence-corrected chi connectivity index (χ3v) is 6.21. The summed E-state index contributed by atoms with van der Waals surface area (Å²) in [5.41, 5.74) is 4.79. The summed E-state index contributed by atoms with van der Waals surface area (Å²) in [6.07, 6.45) is 5.77. The normalized spacial score (nSPS) is 11.9. The van der Waals surface area contributed by atoms with Crippen LogP contribution in [0.25, 0.3) is 11.1 Å². The van der Waals surface area contributed by atoms with Gasteiger partial charge in [-0.25, -0.2) is 4.79 Å². The summed E-state index contributed by atoms with van der Waals surface area (Å²) in [6.45, 7) is 4.36. The number of nitrogens with one attached hydrogen (secondary N) is 1. The number of aliphatic carboxylic acids is 1. The number of nitrogens with zero attached hydrogens (tertiary/aromatic N) is 1. The second-order valence-corrected chi connectivity index (χ2v) is 8.73. The van der Waals surface area contributed by atoms with Gasteiger partial charge < -0.3 is 20.1 Å².